The Balaban J connectivity index is 1.54. The van der Waals surface area contributed by atoms with Gasteiger partial charge in [0.1, 0.15) is 12.6 Å². The van der Waals surface area contributed by atoms with Crippen molar-refractivity contribution in [3.05, 3.63) is 70.0 Å². The molecule has 178 valence electrons. The average molecular weight is 501 g/mol. The Labute approximate surface area is 208 Å². The van der Waals surface area contributed by atoms with Gasteiger partial charge in [0, 0.05) is 23.2 Å². The summed E-state index contributed by atoms with van der Waals surface area (Å²) in [6.45, 7) is 4.26. The lowest BCUT2D eigenvalue weighted by atomic mass is 10.0. The third kappa shape index (κ3) is 5.26. The maximum absolute atomic E-state index is 13.4. The van der Waals surface area contributed by atoms with Gasteiger partial charge in [-0.25, -0.2) is 0 Å². The standard InChI is InChI=1S/C25H26Cl2N4O3/c1-16(2)31(25(33)19-10-3-4-11-20(19)27)15-22(32)30-13-6-5-12-21(30)24-28-23(29-34-24)17-8-7-9-18(26)14-17/h3-4,7-11,14,16,21H,5-6,12-13,15H2,1-2H3. The average Bonchev–Trinajstić information content (AvgIpc) is 3.32. The van der Waals surface area contributed by atoms with Gasteiger partial charge in [0.15, 0.2) is 0 Å². The Morgan fingerprint density at radius 1 is 1.15 bits per heavy atom. The smallest absolute Gasteiger partial charge is 0.256 e. The number of rotatable bonds is 6. The van der Waals surface area contributed by atoms with Gasteiger partial charge in [-0.1, -0.05) is 52.6 Å². The molecular formula is C25H26Cl2N4O3. The molecule has 3 aromatic rings. The molecule has 0 N–H and O–H groups in total. The van der Waals surface area contributed by atoms with Crippen LogP contribution < -0.4 is 0 Å². The van der Waals surface area contributed by atoms with E-state index in [2.05, 4.69) is 10.1 Å². The highest BCUT2D eigenvalue weighted by Crippen LogP contribution is 2.32. The van der Waals surface area contributed by atoms with Crippen LogP contribution in [0, 0.1) is 0 Å². The maximum atomic E-state index is 13.4. The van der Waals surface area contributed by atoms with Crippen molar-refractivity contribution in [3.8, 4) is 11.4 Å². The van der Waals surface area contributed by atoms with Crippen molar-refractivity contribution in [1.29, 1.82) is 0 Å². The highest BCUT2D eigenvalue weighted by molar-refractivity contribution is 6.33. The number of piperidine rings is 1. The first kappa shape index (κ1) is 24.2. The highest BCUT2D eigenvalue weighted by atomic mass is 35.5. The molecule has 0 saturated carbocycles. The van der Waals surface area contributed by atoms with Gasteiger partial charge in [-0.2, -0.15) is 4.98 Å². The van der Waals surface area contributed by atoms with E-state index in [1.54, 1.807) is 46.2 Å². The van der Waals surface area contributed by atoms with Crippen LogP contribution in [0.5, 0.6) is 0 Å². The molecule has 9 heteroatoms. The predicted octanol–water partition coefficient (Wildman–Crippen LogP) is 5.65. The minimum Gasteiger partial charge on any atom is -0.337 e. The van der Waals surface area contributed by atoms with Crippen LogP contribution >= 0.6 is 23.2 Å². The summed E-state index contributed by atoms with van der Waals surface area (Å²) in [7, 11) is 0. The molecule has 2 heterocycles. The van der Waals surface area contributed by atoms with Crippen LogP contribution in [0.25, 0.3) is 11.4 Å². The summed E-state index contributed by atoms with van der Waals surface area (Å²) in [5, 5.41) is 5.04. The van der Waals surface area contributed by atoms with Gasteiger partial charge in [0.2, 0.25) is 17.6 Å². The fraction of sp³-hybridized carbons (Fsp3) is 0.360. The van der Waals surface area contributed by atoms with Crippen molar-refractivity contribution < 1.29 is 14.1 Å². The molecule has 0 spiro atoms. The second-order valence-corrected chi connectivity index (χ2v) is 9.42. The van der Waals surface area contributed by atoms with E-state index < -0.39 is 0 Å². The van der Waals surface area contributed by atoms with Crippen molar-refractivity contribution in [2.24, 2.45) is 0 Å². The number of nitrogens with zero attached hydrogens (tertiary/aromatic N) is 4. The van der Waals surface area contributed by atoms with Crippen molar-refractivity contribution in [3.63, 3.8) is 0 Å². The summed E-state index contributed by atoms with van der Waals surface area (Å²) in [5.74, 6) is 0.370. The minimum absolute atomic E-state index is 0.0620. The molecule has 0 aliphatic carbocycles. The van der Waals surface area contributed by atoms with E-state index in [-0.39, 0.29) is 30.4 Å². The first-order valence-electron chi connectivity index (χ1n) is 11.3. The largest absolute Gasteiger partial charge is 0.337 e. The molecule has 0 radical (unpaired) electrons. The molecule has 4 rings (SSSR count). The van der Waals surface area contributed by atoms with Crippen LogP contribution in [-0.2, 0) is 4.79 Å². The summed E-state index contributed by atoms with van der Waals surface area (Å²) in [6, 6.07) is 13.6. The summed E-state index contributed by atoms with van der Waals surface area (Å²) in [4.78, 5) is 34.5. The first-order valence-corrected chi connectivity index (χ1v) is 12.0. The van der Waals surface area contributed by atoms with Crippen LogP contribution in [0.15, 0.2) is 53.1 Å². The molecule has 1 fully saturated rings. The zero-order valence-electron chi connectivity index (χ0n) is 19.1. The second-order valence-electron chi connectivity index (χ2n) is 8.57. The molecule has 1 atom stereocenters. The molecule has 1 saturated heterocycles. The van der Waals surface area contributed by atoms with E-state index >= 15 is 0 Å². The van der Waals surface area contributed by atoms with Gasteiger partial charge >= 0.3 is 0 Å². The minimum atomic E-state index is -0.342. The Hall–Kier alpha value is -2.90. The van der Waals surface area contributed by atoms with Crippen molar-refractivity contribution >= 4 is 35.0 Å². The highest BCUT2D eigenvalue weighted by Gasteiger charge is 2.34. The molecule has 2 aromatic carbocycles. The van der Waals surface area contributed by atoms with E-state index in [4.69, 9.17) is 27.7 Å². The van der Waals surface area contributed by atoms with Crippen molar-refractivity contribution in [2.45, 2.75) is 45.2 Å². The number of carbonyl (C=O) groups is 2. The van der Waals surface area contributed by atoms with E-state index in [0.29, 0.717) is 40.3 Å². The molecule has 1 unspecified atom stereocenters. The van der Waals surface area contributed by atoms with Gasteiger partial charge in [-0.15, -0.1) is 0 Å². The molecule has 2 amide bonds. The number of halogens is 2. The van der Waals surface area contributed by atoms with Crippen LogP contribution in [-0.4, -0.2) is 50.9 Å². The summed E-state index contributed by atoms with van der Waals surface area (Å²) >= 11 is 12.3. The Kier molecular flexibility index (Phi) is 7.54. The molecule has 1 aromatic heterocycles. The van der Waals surface area contributed by atoms with Gasteiger partial charge in [-0.3, -0.25) is 9.59 Å². The third-order valence-electron chi connectivity index (χ3n) is 5.93. The van der Waals surface area contributed by atoms with Crippen molar-refractivity contribution in [1.82, 2.24) is 19.9 Å². The Bertz CT molecular complexity index is 1180. The number of hydrogen-bond acceptors (Lipinski definition) is 5. The van der Waals surface area contributed by atoms with Gasteiger partial charge in [0.25, 0.3) is 5.91 Å². The van der Waals surface area contributed by atoms with Crippen LogP contribution in [0.1, 0.15) is 55.4 Å². The van der Waals surface area contributed by atoms with E-state index in [0.717, 1.165) is 18.4 Å². The molecule has 34 heavy (non-hydrogen) atoms. The molecule has 1 aliphatic heterocycles. The van der Waals surface area contributed by atoms with Crippen LogP contribution in [0.2, 0.25) is 10.0 Å². The van der Waals surface area contributed by atoms with E-state index in [9.17, 15) is 9.59 Å². The summed E-state index contributed by atoms with van der Waals surface area (Å²) in [5.41, 5.74) is 1.12. The number of aromatic nitrogens is 2. The number of amides is 2. The van der Waals surface area contributed by atoms with E-state index in [1.807, 2.05) is 26.0 Å². The number of likely N-dealkylation sites (tertiary alicyclic amines) is 1. The zero-order chi connectivity index (χ0) is 24.2. The van der Waals surface area contributed by atoms with Gasteiger partial charge in [-0.05, 0) is 57.4 Å². The fourth-order valence-electron chi connectivity index (χ4n) is 4.12. The second kappa shape index (κ2) is 10.6. The molecule has 7 nitrogen and oxygen atoms in total. The van der Waals surface area contributed by atoms with Crippen LogP contribution in [0.3, 0.4) is 0 Å². The maximum Gasteiger partial charge on any atom is 0.256 e. The lowest BCUT2D eigenvalue weighted by molar-refractivity contribution is -0.136. The number of carbonyl (C=O) groups excluding carboxylic acids is 2. The fourth-order valence-corrected chi connectivity index (χ4v) is 4.52. The van der Waals surface area contributed by atoms with E-state index in [1.165, 1.54) is 0 Å². The Morgan fingerprint density at radius 2 is 1.94 bits per heavy atom. The first-order chi connectivity index (χ1) is 16.3. The number of hydrogen-bond donors (Lipinski definition) is 0. The quantitative estimate of drug-likeness (QED) is 0.436. The zero-order valence-corrected chi connectivity index (χ0v) is 20.6. The third-order valence-corrected chi connectivity index (χ3v) is 6.49. The number of benzene rings is 2. The SMILES string of the molecule is CC(C)N(CC(=O)N1CCCCC1c1nc(-c2cccc(Cl)c2)no1)C(=O)c1ccccc1Cl. The molecule has 0 bridgehead atoms. The van der Waals surface area contributed by atoms with Gasteiger partial charge in [0.05, 0.1) is 10.6 Å². The van der Waals surface area contributed by atoms with Gasteiger partial charge < -0.3 is 14.3 Å². The monoisotopic (exact) mass is 500 g/mol. The van der Waals surface area contributed by atoms with Crippen molar-refractivity contribution in [2.75, 3.05) is 13.1 Å². The molecular weight excluding hydrogens is 475 g/mol. The normalized spacial score (nSPS) is 16.0. The topological polar surface area (TPSA) is 79.5 Å². The predicted molar refractivity (Wildman–Crippen MR) is 131 cm³/mol. The summed E-state index contributed by atoms with van der Waals surface area (Å²) < 4.78 is 5.57. The summed E-state index contributed by atoms with van der Waals surface area (Å²) in [6.07, 6.45) is 2.52. The lowest BCUT2D eigenvalue weighted by Gasteiger charge is -2.36. The Morgan fingerprint density at radius 3 is 2.68 bits per heavy atom. The van der Waals surface area contributed by atoms with Crippen LogP contribution in [0.4, 0.5) is 0 Å². The lowest BCUT2D eigenvalue weighted by Crippen LogP contribution is -2.48. The molecule has 1 aliphatic rings.